The van der Waals surface area contributed by atoms with E-state index < -0.39 is 0 Å². The first-order valence-corrected chi connectivity index (χ1v) is 6.73. The SMILES string of the molecule is [N-]=[N+]=C(c1cc2ccccc2[nH]1)c1cc2ccccc2[nH]1. The number of rotatable bonds is 2. The lowest BCUT2D eigenvalue weighted by Gasteiger charge is -1.89. The lowest BCUT2D eigenvalue weighted by atomic mass is 10.2. The minimum atomic E-state index is 0.502. The van der Waals surface area contributed by atoms with Gasteiger partial charge in [0.2, 0.25) is 0 Å². The number of benzene rings is 2. The van der Waals surface area contributed by atoms with Crippen molar-refractivity contribution < 1.29 is 4.79 Å². The lowest BCUT2D eigenvalue weighted by Crippen LogP contribution is -2.05. The van der Waals surface area contributed by atoms with E-state index in [2.05, 4.69) is 14.8 Å². The summed E-state index contributed by atoms with van der Waals surface area (Å²) in [4.78, 5) is 10.0. The van der Waals surface area contributed by atoms with Gasteiger partial charge >= 0.3 is 5.71 Å². The van der Waals surface area contributed by atoms with Crippen molar-refractivity contribution in [3.63, 3.8) is 0 Å². The topological polar surface area (TPSA) is 68.0 Å². The van der Waals surface area contributed by atoms with Gasteiger partial charge < -0.3 is 15.5 Å². The van der Waals surface area contributed by atoms with Gasteiger partial charge in [0.05, 0.1) is 0 Å². The fraction of sp³-hybridized carbons (Fsp3) is 0. The molecule has 4 rings (SSSR count). The third kappa shape index (κ3) is 1.86. The second kappa shape index (κ2) is 4.47. The molecular formula is C17H12N4. The molecule has 0 aliphatic rings. The van der Waals surface area contributed by atoms with E-state index in [4.69, 9.17) is 0 Å². The van der Waals surface area contributed by atoms with Crippen LogP contribution in [0.25, 0.3) is 27.3 Å². The zero-order valence-electron chi connectivity index (χ0n) is 11.2. The van der Waals surface area contributed by atoms with Gasteiger partial charge in [-0.2, -0.15) is 4.79 Å². The van der Waals surface area contributed by atoms with E-state index in [0.29, 0.717) is 5.71 Å². The number of aromatic amines is 2. The Bertz CT molecular complexity index is 858. The standard InChI is InChI=1S/C17H12N4/c18-21-17(15-9-11-5-1-3-7-13(11)19-15)16-10-12-6-2-4-8-14(12)20-16/h1-10,19-20H. The van der Waals surface area contributed by atoms with Crippen LogP contribution in [0.3, 0.4) is 0 Å². The summed E-state index contributed by atoms with van der Waals surface area (Å²) in [6, 6.07) is 19.9. The lowest BCUT2D eigenvalue weighted by molar-refractivity contribution is -0.00335. The van der Waals surface area contributed by atoms with E-state index in [0.717, 1.165) is 33.2 Å². The van der Waals surface area contributed by atoms with Crippen LogP contribution >= 0.6 is 0 Å². The van der Waals surface area contributed by atoms with Crippen LogP contribution in [-0.4, -0.2) is 20.5 Å². The van der Waals surface area contributed by atoms with Crippen LogP contribution in [0.1, 0.15) is 11.4 Å². The molecule has 0 amide bonds. The van der Waals surface area contributed by atoms with Gasteiger partial charge in [0.15, 0.2) is 0 Å². The summed E-state index contributed by atoms with van der Waals surface area (Å²) >= 11 is 0. The molecule has 0 saturated heterocycles. The van der Waals surface area contributed by atoms with Gasteiger partial charge in [-0.3, -0.25) is 0 Å². The first-order valence-electron chi connectivity index (χ1n) is 6.73. The van der Waals surface area contributed by atoms with E-state index in [1.807, 2.05) is 60.7 Å². The van der Waals surface area contributed by atoms with Gasteiger partial charge in [-0.25, -0.2) is 0 Å². The molecule has 0 spiro atoms. The van der Waals surface area contributed by atoms with Crippen LogP contribution in [-0.2, 0) is 0 Å². The summed E-state index contributed by atoms with van der Waals surface area (Å²) in [6.45, 7) is 0. The second-order valence-electron chi connectivity index (χ2n) is 4.99. The van der Waals surface area contributed by atoms with Crippen LogP contribution in [0.5, 0.6) is 0 Å². The summed E-state index contributed by atoms with van der Waals surface area (Å²) in [7, 11) is 0. The molecule has 0 atom stereocenters. The third-order valence-electron chi connectivity index (χ3n) is 3.67. The molecule has 0 aliphatic carbocycles. The highest BCUT2D eigenvalue weighted by Gasteiger charge is 2.20. The summed E-state index contributed by atoms with van der Waals surface area (Å²) in [5, 5.41) is 2.18. The molecule has 4 heteroatoms. The number of hydrogen-bond donors (Lipinski definition) is 2. The van der Waals surface area contributed by atoms with Crippen molar-refractivity contribution in [2.75, 3.05) is 0 Å². The monoisotopic (exact) mass is 272 g/mol. The predicted molar refractivity (Wildman–Crippen MR) is 83.4 cm³/mol. The van der Waals surface area contributed by atoms with Gasteiger partial charge in [0.1, 0.15) is 11.4 Å². The number of aromatic nitrogens is 2. The molecule has 4 nitrogen and oxygen atoms in total. The van der Waals surface area contributed by atoms with Crippen LogP contribution in [0.2, 0.25) is 0 Å². The molecule has 0 radical (unpaired) electrons. The highest BCUT2D eigenvalue weighted by atomic mass is 14.9. The highest BCUT2D eigenvalue weighted by Crippen LogP contribution is 2.20. The molecule has 21 heavy (non-hydrogen) atoms. The number of hydrogen-bond acceptors (Lipinski definition) is 0. The summed E-state index contributed by atoms with van der Waals surface area (Å²) in [5.74, 6) is 0. The van der Waals surface area contributed by atoms with Crippen molar-refractivity contribution in [1.82, 2.24) is 9.97 Å². The van der Waals surface area contributed by atoms with Crippen LogP contribution in [0, 0.1) is 0 Å². The second-order valence-corrected chi connectivity index (χ2v) is 4.99. The first-order chi connectivity index (χ1) is 10.3. The Balaban J connectivity index is 1.89. The maximum Gasteiger partial charge on any atom is 0.361 e. The summed E-state index contributed by atoms with van der Waals surface area (Å²) in [6.07, 6.45) is 0. The van der Waals surface area contributed by atoms with Crippen LogP contribution in [0.15, 0.2) is 60.7 Å². The van der Waals surface area contributed by atoms with E-state index in [1.165, 1.54) is 0 Å². The van der Waals surface area contributed by atoms with Crippen molar-refractivity contribution in [3.8, 4) is 0 Å². The molecule has 2 N–H and O–H groups in total. The molecule has 0 aliphatic heterocycles. The number of nitrogens with one attached hydrogen (secondary N) is 2. The summed E-state index contributed by atoms with van der Waals surface area (Å²) < 4.78 is 0. The Morgan fingerprint density at radius 2 is 1.24 bits per heavy atom. The number of para-hydroxylation sites is 2. The fourth-order valence-electron chi connectivity index (χ4n) is 2.65. The fourth-order valence-corrected chi connectivity index (χ4v) is 2.65. The van der Waals surface area contributed by atoms with Crippen molar-refractivity contribution in [1.29, 1.82) is 0 Å². The van der Waals surface area contributed by atoms with Gasteiger partial charge in [-0.05, 0) is 24.3 Å². The molecule has 100 valence electrons. The Hall–Kier alpha value is -3.10. The molecular weight excluding hydrogens is 260 g/mol. The van der Waals surface area contributed by atoms with Crippen molar-refractivity contribution >= 4 is 27.5 Å². The van der Waals surface area contributed by atoms with E-state index >= 15 is 0 Å². The molecule has 0 bridgehead atoms. The van der Waals surface area contributed by atoms with E-state index in [9.17, 15) is 5.53 Å². The van der Waals surface area contributed by atoms with Crippen molar-refractivity contribution in [3.05, 3.63) is 77.6 Å². The van der Waals surface area contributed by atoms with Crippen molar-refractivity contribution in [2.45, 2.75) is 0 Å². The molecule has 2 heterocycles. The van der Waals surface area contributed by atoms with Crippen LogP contribution < -0.4 is 0 Å². The third-order valence-corrected chi connectivity index (χ3v) is 3.67. The molecule has 0 unspecified atom stereocenters. The normalized spacial score (nSPS) is 10.9. The largest absolute Gasteiger partial charge is 0.361 e. The van der Waals surface area contributed by atoms with Gasteiger partial charge in [0, 0.05) is 21.8 Å². The maximum absolute atomic E-state index is 9.43. The smallest absolute Gasteiger partial charge is 0.361 e. The molecule has 0 fully saturated rings. The Morgan fingerprint density at radius 3 is 1.67 bits per heavy atom. The Labute approximate surface area is 120 Å². The molecule has 2 aromatic carbocycles. The zero-order chi connectivity index (χ0) is 14.2. The number of nitrogens with zero attached hydrogens (tertiary/aromatic N) is 2. The summed E-state index contributed by atoms with van der Waals surface area (Å²) in [5.41, 5.74) is 13.5. The molecule has 2 aromatic heterocycles. The minimum Gasteiger partial charge on any atom is -0.361 e. The average Bonchev–Trinajstić information content (AvgIpc) is 3.11. The van der Waals surface area contributed by atoms with Crippen molar-refractivity contribution in [2.24, 2.45) is 0 Å². The number of H-pyrrole nitrogens is 2. The van der Waals surface area contributed by atoms with E-state index in [-0.39, 0.29) is 0 Å². The minimum absolute atomic E-state index is 0.502. The zero-order valence-corrected chi connectivity index (χ0v) is 11.2. The molecule has 0 saturated carbocycles. The predicted octanol–water partition coefficient (Wildman–Crippen LogP) is 3.72. The molecule has 4 aromatic rings. The Morgan fingerprint density at radius 1 is 0.762 bits per heavy atom. The van der Waals surface area contributed by atoms with Gasteiger partial charge in [-0.15, -0.1) is 0 Å². The van der Waals surface area contributed by atoms with E-state index in [1.54, 1.807) is 0 Å². The maximum atomic E-state index is 9.43. The van der Waals surface area contributed by atoms with Gasteiger partial charge in [0.25, 0.3) is 0 Å². The Kier molecular flexibility index (Phi) is 2.49. The highest BCUT2D eigenvalue weighted by molar-refractivity contribution is 6.11. The van der Waals surface area contributed by atoms with Crippen LogP contribution in [0.4, 0.5) is 0 Å². The quantitative estimate of drug-likeness (QED) is 0.317. The average molecular weight is 272 g/mol. The first kappa shape index (κ1) is 11.7. The number of fused-ring (bicyclic) bond motifs is 2. The van der Waals surface area contributed by atoms with Gasteiger partial charge in [-0.1, -0.05) is 36.4 Å².